The Balaban J connectivity index is 2.09. The molecule has 2 N–H and O–H groups in total. The van der Waals surface area contributed by atoms with Crippen LogP contribution in [0.2, 0.25) is 0 Å². The second-order valence-electron chi connectivity index (χ2n) is 3.01. The monoisotopic (exact) mass is 155 g/mol. The van der Waals surface area contributed by atoms with E-state index in [9.17, 15) is 0 Å². The Morgan fingerprint density at radius 1 is 1.45 bits per heavy atom. The van der Waals surface area contributed by atoms with Crippen LogP contribution in [0.1, 0.15) is 25.7 Å². The molecule has 0 unspecified atom stereocenters. The molecule has 1 aliphatic carbocycles. The van der Waals surface area contributed by atoms with Gasteiger partial charge in [-0.05, 0) is 25.7 Å². The fourth-order valence-electron chi connectivity index (χ4n) is 1.39. The zero-order valence-electron chi connectivity index (χ0n) is 6.97. The molecule has 0 bridgehead atoms. The van der Waals surface area contributed by atoms with Crippen LogP contribution < -0.4 is 5.32 Å². The molecule has 0 spiro atoms. The van der Waals surface area contributed by atoms with Crippen molar-refractivity contribution in [2.75, 3.05) is 19.7 Å². The number of rotatable bonds is 4. The van der Waals surface area contributed by atoms with Crippen LogP contribution in [0.3, 0.4) is 0 Å². The van der Waals surface area contributed by atoms with Crippen molar-refractivity contribution < 1.29 is 5.11 Å². The molecular formula is C9H17NO. The SMILES string of the molecule is OCCNCC1=CCCCC1. The quantitative estimate of drug-likeness (QED) is 0.470. The summed E-state index contributed by atoms with van der Waals surface area (Å²) in [6.45, 7) is 1.94. The lowest BCUT2D eigenvalue weighted by atomic mass is 10.00. The van der Waals surface area contributed by atoms with E-state index >= 15 is 0 Å². The topological polar surface area (TPSA) is 32.3 Å². The highest BCUT2D eigenvalue weighted by Gasteiger charge is 2.01. The molecule has 1 rings (SSSR count). The number of nitrogens with one attached hydrogen (secondary N) is 1. The Morgan fingerprint density at radius 2 is 2.36 bits per heavy atom. The molecule has 0 radical (unpaired) electrons. The van der Waals surface area contributed by atoms with Crippen LogP contribution in [0.25, 0.3) is 0 Å². The first-order valence-corrected chi connectivity index (χ1v) is 4.43. The van der Waals surface area contributed by atoms with Gasteiger partial charge in [0.1, 0.15) is 0 Å². The van der Waals surface area contributed by atoms with Crippen molar-refractivity contribution >= 4 is 0 Å². The van der Waals surface area contributed by atoms with E-state index in [1.807, 2.05) is 0 Å². The first-order chi connectivity index (χ1) is 5.43. The summed E-state index contributed by atoms with van der Waals surface area (Å²) in [6.07, 6.45) is 7.51. The highest BCUT2D eigenvalue weighted by Crippen LogP contribution is 2.15. The van der Waals surface area contributed by atoms with Gasteiger partial charge in [0.15, 0.2) is 0 Å². The van der Waals surface area contributed by atoms with Crippen LogP contribution in [0.15, 0.2) is 11.6 Å². The van der Waals surface area contributed by atoms with E-state index in [2.05, 4.69) is 11.4 Å². The second kappa shape index (κ2) is 5.33. The summed E-state index contributed by atoms with van der Waals surface area (Å²) in [5, 5.41) is 11.7. The molecule has 2 heteroatoms. The third kappa shape index (κ3) is 3.54. The molecule has 11 heavy (non-hydrogen) atoms. The zero-order chi connectivity index (χ0) is 7.94. The Hall–Kier alpha value is -0.340. The standard InChI is InChI=1S/C9H17NO/c11-7-6-10-8-9-4-2-1-3-5-9/h4,10-11H,1-3,5-8H2. The number of allylic oxidation sites excluding steroid dienone is 1. The van der Waals surface area contributed by atoms with Crippen molar-refractivity contribution in [2.24, 2.45) is 0 Å². The molecule has 1 aliphatic rings. The minimum atomic E-state index is 0.243. The van der Waals surface area contributed by atoms with E-state index in [-0.39, 0.29) is 6.61 Å². The smallest absolute Gasteiger partial charge is 0.0556 e. The van der Waals surface area contributed by atoms with Gasteiger partial charge in [-0.3, -0.25) is 0 Å². The maximum atomic E-state index is 8.51. The van der Waals surface area contributed by atoms with E-state index in [1.165, 1.54) is 31.3 Å². The van der Waals surface area contributed by atoms with Crippen molar-refractivity contribution in [3.8, 4) is 0 Å². The first kappa shape index (κ1) is 8.75. The van der Waals surface area contributed by atoms with Gasteiger partial charge in [-0.1, -0.05) is 11.6 Å². The molecule has 64 valence electrons. The Bertz CT molecular complexity index is 132. The summed E-state index contributed by atoms with van der Waals surface area (Å²) in [6, 6.07) is 0. The minimum Gasteiger partial charge on any atom is -0.395 e. The van der Waals surface area contributed by atoms with Crippen LogP contribution in [-0.2, 0) is 0 Å². The molecule has 0 aromatic rings. The van der Waals surface area contributed by atoms with E-state index in [4.69, 9.17) is 5.11 Å². The normalized spacial score (nSPS) is 18.1. The lowest BCUT2D eigenvalue weighted by molar-refractivity contribution is 0.294. The second-order valence-corrected chi connectivity index (χ2v) is 3.01. The minimum absolute atomic E-state index is 0.243. The molecule has 0 aromatic heterocycles. The van der Waals surface area contributed by atoms with E-state index in [0.717, 1.165) is 13.1 Å². The van der Waals surface area contributed by atoms with Crippen LogP contribution >= 0.6 is 0 Å². The largest absolute Gasteiger partial charge is 0.395 e. The van der Waals surface area contributed by atoms with E-state index in [0.29, 0.717) is 0 Å². The van der Waals surface area contributed by atoms with Crippen molar-refractivity contribution in [1.82, 2.24) is 5.32 Å². The van der Waals surface area contributed by atoms with Gasteiger partial charge < -0.3 is 10.4 Å². The molecule has 0 atom stereocenters. The lowest BCUT2D eigenvalue weighted by Crippen LogP contribution is -2.21. The van der Waals surface area contributed by atoms with Gasteiger partial charge in [-0.25, -0.2) is 0 Å². The van der Waals surface area contributed by atoms with E-state index in [1.54, 1.807) is 0 Å². The molecule has 0 fully saturated rings. The Morgan fingerprint density at radius 3 is 3.00 bits per heavy atom. The molecule has 0 aliphatic heterocycles. The van der Waals surface area contributed by atoms with Gasteiger partial charge in [0.25, 0.3) is 0 Å². The van der Waals surface area contributed by atoms with Gasteiger partial charge >= 0.3 is 0 Å². The molecule has 0 heterocycles. The summed E-state index contributed by atoms with van der Waals surface area (Å²) in [7, 11) is 0. The number of hydrogen-bond acceptors (Lipinski definition) is 2. The maximum absolute atomic E-state index is 8.51. The van der Waals surface area contributed by atoms with Gasteiger partial charge in [0.05, 0.1) is 6.61 Å². The number of aliphatic hydroxyl groups is 1. The first-order valence-electron chi connectivity index (χ1n) is 4.43. The van der Waals surface area contributed by atoms with Gasteiger partial charge in [0, 0.05) is 13.1 Å². The van der Waals surface area contributed by atoms with Crippen molar-refractivity contribution in [2.45, 2.75) is 25.7 Å². The average Bonchev–Trinajstić information content (AvgIpc) is 2.07. The van der Waals surface area contributed by atoms with Crippen LogP contribution in [-0.4, -0.2) is 24.8 Å². The lowest BCUT2D eigenvalue weighted by Gasteiger charge is -2.12. The summed E-state index contributed by atoms with van der Waals surface area (Å²) < 4.78 is 0. The zero-order valence-corrected chi connectivity index (χ0v) is 6.97. The summed E-state index contributed by atoms with van der Waals surface area (Å²) in [5.74, 6) is 0. The van der Waals surface area contributed by atoms with Gasteiger partial charge in [-0.2, -0.15) is 0 Å². The number of hydrogen-bond donors (Lipinski definition) is 2. The Labute approximate surface area is 68.3 Å². The van der Waals surface area contributed by atoms with Crippen molar-refractivity contribution in [1.29, 1.82) is 0 Å². The Kier molecular flexibility index (Phi) is 4.24. The van der Waals surface area contributed by atoms with Crippen molar-refractivity contribution in [3.63, 3.8) is 0 Å². The summed E-state index contributed by atoms with van der Waals surface area (Å²) in [5.41, 5.74) is 1.52. The average molecular weight is 155 g/mol. The highest BCUT2D eigenvalue weighted by molar-refractivity contribution is 5.06. The van der Waals surface area contributed by atoms with Gasteiger partial charge in [0.2, 0.25) is 0 Å². The molecular weight excluding hydrogens is 138 g/mol. The third-order valence-corrected chi connectivity index (χ3v) is 2.03. The fourth-order valence-corrected chi connectivity index (χ4v) is 1.39. The van der Waals surface area contributed by atoms with Crippen molar-refractivity contribution in [3.05, 3.63) is 11.6 Å². The third-order valence-electron chi connectivity index (χ3n) is 2.03. The molecule has 0 saturated carbocycles. The molecule has 0 saturated heterocycles. The van der Waals surface area contributed by atoms with Gasteiger partial charge in [-0.15, -0.1) is 0 Å². The maximum Gasteiger partial charge on any atom is 0.0556 e. The number of aliphatic hydroxyl groups excluding tert-OH is 1. The predicted molar refractivity (Wildman–Crippen MR) is 46.5 cm³/mol. The highest BCUT2D eigenvalue weighted by atomic mass is 16.3. The fraction of sp³-hybridized carbons (Fsp3) is 0.778. The van der Waals surface area contributed by atoms with Crippen LogP contribution in [0, 0.1) is 0 Å². The molecule has 0 aromatic carbocycles. The summed E-state index contributed by atoms with van der Waals surface area (Å²) in [4.78, 5) is 0. The predicted octanol–water partition coefficient (Wildman–Crippen LogP) is 1.07. The molecule has 2 nitrogen and oxygen atoms in total. The van der Waals surface area contributed by atoms with Crippen LogP contribution in [0.5, 0.6) is 0 Å². The molecule has 0 amide bonds. The summed E-state index contributed by atoms with van der Waals surface area (Å²) >= 11 is 0. The van der Waals surface area contributed by atoms with E-state index < -0.39 is 0 Å². The van der Waals surface area contributed by atoms with Crippen LogP contribution in [0.4, 0.5) is 0 Å².